The molecule has 2 aromatic rings. The Balaban J connectivity index is 1.59. The molecule has 5 rings (SSSR count). The second kappa shape index (κ2) is 6.36. The van der Waals surface area contributed by atoms with Crippen molar-refractivity contribution in [3.8, 4) is 0 Å². The van der Waals surface area contributed by atoms with Crippen molar-refractivity contribution in [2.75, 3.05) is 12.4 Å². The molecule has 2 aliphatic carbocycles. The van der Waals surface area contributed by atoms with Crippen LogP contribution in [0.5, 0.6) is 0 Å². The number of esters is 1. The monoisotopic (exact) mass is 377 g/mol. The number of anilines is 1. The van der Waals surface area contributed by atoms with Crippen LogP contribution in [0.4, 0.5) is 5.69 Å². The molecule has 28 heavy (non-hydrogen) atoms. The number of benzene rings is 2. The zero-order chi connectivity index (χ0) is 19.4. The lowest BCUT2D eigenvalue weighted by Crippen LogP contribution is -2.36. The Morgan fingerprint density at radius 2 is 1.82 bits per heavy atom. The molecule has 0 unspecified atom stereocenters. The second-order valence-electron chi connectivity index (χ2n) is 8.25. The van der Waals surface area contributed by atoms with Crippen LogP contribution in [0.1, 0.15) is 63.1 Å². The van der Waals surface area contributed by atoms with Gasteiger partial charge in [0.2, 0.25) is 0 Å². The van der Waals surface area contributed by atoms with Crippen molar-refractivity contribution >= 4 is 17.6 Å². The molecule has 144 valence electrons. The summed E-state index contributed by atoms with van der Waals surface area (Å²) in [5.74, 6) is 0.912. The standard InChI is InChI=1S/C23H23NO4/c1-28-23(27)13-7-5-12(6-8-13)20-19-15-10-9-14(11-15)18(19)16-3-2-4-17(22(25)26)21(16)24-20/h2-8,14-15,18-20,24H,9-11H2,1H3,(H,25,26)/t14-,15-,18-,19-,20-/m0/s1. The molecule has 5 nitrogen and oxygen atoms in total. The smallest absolute Gasteiger partial charge is 0.337 e. The van der Waals surface area contributed by atoms with Crippen LogP contribution in [-0.2, 0) is 4.74 Å². The van der Waals surface area contributed by atoms with E-state index in [1.807, 2.05) is 18.2 Å². The fourth-order valence-electron chi connectivity index (χ4n) is 5.97. The van der Waals surface area contributed by atoms with Crippen molar-refractivity contribution in [3.05, 3.63) is 64.7 Å². The Kier molecular flexibility index (Phi) is 3.93. The zero-order valence-electron chi connectivity index (χ0n) is 15.7. The van der Waals surface area contributed by atoms with Crippen molar-refractivity contribution in [2.24, 2.45) is 17.8 Å². The highest BCUT2D eigenvalue weighted by atomic mass is 16.5. The summed E-state index contributed by atoms with van der Waals surface area (Å²) in [5, 5.41) is 13.3. The minimum absolute atomic E-state index is 0.0556. The van der Waals surface area contributed by atoms with E-state index in [2.05, 4.69) is 11.4 Å². The summed E-state index contributed by atoms with van der Waals surface area (Å²) in [6.45, 7) is 0. The van der Waals surface area contributed by atoms with Gasteiger partial charge in [-0.15, -0.1) is 0 Å². The van der Waals surface area contributed by atoms with Gasteiger partial charge in [-0.3, -0.25) is 0 Å². The molecule has 2 bridgehead atoms. The molecule has 1 heterocycles. The first kappa shape index (κ1) is 17.3. The van der Waals surface area contributed by atoms with Crippen molar-refractivity contribution in [1.29, 1.82) is 0 Å². The predicted octanol–water partition coefficient (Wildman–Crippen LogP) is 4.47. The zero-order valence-corrected chi connectivity index (χ0v) is 15.7. The molecule has 2 N–H and O–H groups in total. The Labute approximate surface area is 163 Å². The number of rotatable bonds is 3. The molecule has 2 aromatic carbocycles. The third-order valence-corrected chi connectivity index (χ3v) is 7.04. The van der Waals surface area contributed by atoms with Gasteiger partial charge in [-0.05, 0) is 72.3 Å². The first-order valence-corrected chi connectivity index (χ1v) is 9.89. The maximum absolute atomic E-state index is 11.8. The van der Waals surface area contributed by atoms with Gasteiger partial charge in [-0.2, -0.15) is 0 Å². The summed E-state index contributed by atoms with van der Waals surface area (Å²) < 4.78 is 4.80. The molecule has 3 aliphatic rings. The van der Waals surface area contributed by atoms with E-state index in [1.54, 1.807) is 18.2 Å². The van der Waals surface area contributed by atoms with Gasteiger partial charge in [0.25, 0.3) is 0 Å². The van der Waals surface area contributed by atoms with Crippen LogP contribution >= 0.6 is 0 Å². The number of nitrogens with one attached hydrogen (secondary N) is 1. The summed E-state index contributed by atoms with van der Waals surface area (Å²) in [5.41, 5.74) is 3.90. The highest BCUT2D eigenvalue weighted by Gasteiger charge is 2.54. The van der Waals surface area contributed by atoms with Crippen LogP contribution in [0.3, 0.4) is 0 Å². The van der Waals surface area contributed by atoms with E-state index in [-0.39, 0.29) is 12.0 Å². The molecule has 5 heteroatoms. The van der Waals surface area contributed by atoms with Crippen LogP contribution < -0.4 is 5.32 Å². The van der Waals surface area contributed by atoms with Gasteiger partial charge in [-0.1, -0.05) is 24.3 Å². The predicted molar refractivity (Wildman–Crippen MR) is 105 cm³/mol. The summed E-state index contributed by atoms with van der Waals surface area (Å²) in [7, 11) is 1.38. The van der Waals surface area contributed by atoms with Gasteiger partial charge in [0.1, 0.15) is 0 Å². The van der Waals surface area contributed by atoms with Gasteiger partial charge in [0.15, 0.2) is 0 Å². The van der Waals surface area contributed by atoms with E-state index < -0.39 is 5.97 Å². The highest BCUT2D eigenvalue weighted by Crippen LogP contribution is 2.63. The third kappa shape index (κ3) is 2.45. The van der Waals surface area contributed by atoms with E-state index in [9.17, 15) is 14.7 Å². The molecule has 0 saturated heterocycles. The van der Waals surface area contributed by atoms with Crippen molar-refractivity contribution in [3.63, 3.8) is 0 Å². The normalized spacial score (nSPS) is 29.5. The summed E-state index contributed by atoms with van der Waals surface area (Å²) in [6.07, 6.45) is 3.71. The van der Waals surface area contributed by atoms with Crippen molar-refractivity contribution in [1.82, 2.24) is 0 Å². The largest absolute Gasteiger partial charge is 0.478 e. The first-order valence-electron chi connectivity index (χ1n) is 9.89. The number of carbonyl (C=O) groups is 2. The minimum Gasteiger partial charge on any atom is -0.478 e. The van der Waals surface area contributed by atoms with Gasteiger partial charge in [0.05, 0.1) is 30.0 Å². The third-order valence-electron chi connectivity index (χ3n) is 7.04. The molecular formula is C23H23NO4. The number of carboxylic acids is 1. The number of fused-ring (bicyclic) bond motifs is 7. The van der Waals surface area contributed by atoms with Crippen LogP contribution in [0, 0.1) is 17.8 Å². The molecule has 5 atom stereocenters. The summed E-state index contributed by atoms with van der Waals surface area (Å²) in [4.78, 5) is 23.6. The lowest BCUT2D eigenvalue weighted by molar-refractivity contribution is 0.0599. The number of aromatic carboxylic acids is 1. The lowest BCUT2D eigenvalue weighted by Gasteiger charge is -2.44. The average molecular weight is 377 g/mol. The minimum atomic E-state index is -0.897. The van der Waals surface area contributed by atoms with E-state index in [0.717, 1.165) is 11.3 Å². The van der Waals surface area contributed by atoms with E-state index in [1.165, 1.54) is 31.9 Å². The second-order valence-corrected chi connectivity index (χ2v) is 8.25. The molecule has 0 amide bonds. The van der Waals surface area contributed by atoms with E-state index >= 15 is 0 Å². The molecule has 2 saturated carbocycles. The van der Waals surface area contributed by atoms with Crippen LogP contribution in [0.2, 0.25) is 0 Å². The van der Waals surface area contributed by atoms with Crippen LogP contribution in [0.15, 0.2) is 42.5 Å². The molecule has 0 radical (unpaired) electrons. The highest BCUT2D eigenvalue weighted by molar-refractivity contribution is 5.95. The van der Waals surface area contributed by atoms with Gasteiger partial charge < -0.3 is 15.2 Å². The number of carbonyl (C=O) groups excluding carboxylic acids is 1. The topological polar surface area (TPSA) is 75.6 Å². The maximum atomic E-state index is 11.8. The lowest BCUT2D eigenvalue weighted by atomic mass is 9.67. The number of para-hydroxylation sites is 1. The Bertz CT molecular complexity index is 952. The van der Waals surface area contributed by atoms with E-state index in [4.69, 9.17) is 4.74 Å². The maximum Gasteiger partial charge on any atom is 0.337 e. The summed E-state index contributed by atoms with van der Waals surface area (Å²) in [6, 6.07) is 13.2. The first-order chi connectivity index (χ1) is 13.6. The van der Waals surface area contributed by atoms with E-state index in [0.29, 0.717) is 34.8 Å². The van der Waals surface area contributed by atoms with Crippen LogP contribution in [-0.4, -0.2) is 24.2 Å². The fraction of sp³-hybridized carbons (Fsp3) is 0.391. The quantitative estimate of drug-likeness (QED) is 0.772. The molecular weight excluding hydrogens is 354 g/mol. The number of ether oxygens (including phenoxy) is 1. The van der Waals surface area contributed by atoms with Crippen LogP contribution in [0.25, 0.3) is 0 Å². The Morgan fingerprint density at radius 1 is 1.07 bits per heavy atom. The van der Waals surface area contributed by atoms with Gasteiger partial charge in [0, 0.05) is 0 Å². The average Bonchev–Trinajstić information content (AvgIpc) is 3.35. The number of methoxy groups -OCH3 is 1. The van der Waals surface area contributed by atoms with Crippen molar-refractivity contribution in [2.45, 2.75) is 31.2 Å². The fourth-order valence-corrected chi connectivity index (χ4v) is 5.97. The van der Waals surface area contributed by atoms with Gasteiger partial charge in [-0.25, -0.2) is 9.59 Å². The van der Waals surface area contributed by atoms with Gasteiger partial charge >= 0.3 is 11.9 Å². The Hall–Kier alpha value is -2.82. The number of hydrogen-bond donors (Lipinski definition) is 2. The number of hydrogen-bond acceptors (Lipinski definition) is 4. The van der Waals surface area contributed by atoms with Crippen molar-refractivity contribution < 1.29 is 19.4 Å². The number of carboxylic acid groups (broad SMARTS) is 1. The molecule has 0 spiro atoms. The molecule has 1 aliphatic heterocycles. The SMILES string of the molecule is COC(=O)c1ccc([C@@H]2Nc3c(C(=O)O)cccc3[C@@H]3[C@H]4CC[C@@H](C4)[C@@H]32)cc1. The molecule has 0 aromatic heterocycles. The Morgan fingerprint density at radius 3 is 2.54 bits per heavy atom. The molecule has 2 fully saturated rings. The summed E-state index contributed by atoms with van der Waals surface area (Å²) >= 11 is 0.